The van der Waals surface area contributed by atoms with Gasteiger partial charge in [0, 0.05) is 17.7 Å². The Morgan fingerprint density at radius 1 is 1.08 bits per heavy atom. The van der Waals surface area contributed by atoms with Crippen molar-refractivity contribution in [3.8, 4) is 22.8 Å². The maximum absolute atomic E-state index is 14.1. The first kappa shape index (κ1) is 26.0. The zero-order chi connectivity index (χ0) is 26.6. The average Bonchev–Trinajstić information content (AvgIpc) is 3.37. The van der Waals surface area contributed by atoms with Gasteiger partial charge in [-0.05, 0) is 55.6 Å². The number of methoxy groups -OCH3 is 2. The van der Waals surface area contributed by atoms with Gasteiger partial charge in [-0.2, -0.15) is 5.10 Å². The van der Waals surface area contributed by atoms with Crippen LogP contribution in [0.25, 0.3) is 11.3 Å². The fraction of sp³-hybridized carbons (Fsp3) is 0.429. The molecule has 0 saturated carbocycles. The summed E-state index contributed by atoms with van der Waals surface area (Å²) in [4.78, 5) is 12.5. The molecule has 10 heteroatoms. The molecule has 0 spiro atoms. The van der Waals surface area contributed by atoms with E-state index >= 15 is 0 Å². The Bertz CT molecular complexity index is 1260. The predicted octanol–water partition coefficient (Wildman–Crippen LogP) is 4.34. The van der Waals surface area contributed by atoms with Crippen molar-refractivity contribution in [3.05, 3.63) is 59.7 Å². The molecule has 0 aliphatic carbocycles. The Hall–Kier alpha value is -3.66. The highest BCUT2D eigenvalue weighted by Gasteiger charge is 2.35. The van der Waals surface area contributed by atoms with Gasteiger partial charge in [-0.25, -0.2) is 13.5 Å². The quantitative estimate of drug-likeness (QED) is 0.406. The van der Waals surface area contributed by atoms with Gasteiger partial charge < -0.3 is 25.4 Å². The molecule has 1 saturated heterocycles. The fourth-order valence-electron chi connectivity index (χ4n) is 5.20. The van der Waals surface area contributed by atoms with Gasteiger partial charge >= 0.3 is 0 Å². The van der Waals surface area contributed by atoms with Crippen molar-refractivity contribution >= 4 is 11.7 Å². The lowest BCUT2D eigenvalue weighted by molar-refractivity contribution is -0.121. The lowest BCUT2D eigenvalue weighted by Crippen LogP contribution is -2.43. The molecule has 2 atom stereocenters. The summed E-state index contributed by atoms with van der Waals surface area (Å²) in [6.45, 7) is 1.84. The molecule has 8 nitrogen and oxygen atoms in total. The number of hydrogen-bond acceptors (Lipinski definition) is 6. The van der Waals surface area contributed by atoms with Gasteiger partial charge in [0.25, 0.3) is 6.43 Å². The van der Waals surface area contributed by atoms with E-state index in [1.165, 1.54) is 4.68 Å². The summed E-state index contributed by atoms with van der Waals surface area (Å²) in [5.41, 5.74) is 3.11. The number of rotatable bonds is 8. The van der Waals surface area contributed by atoms with Crippen molar-refractivity contribution in [2.24, 2.45) is 0 Å². The topological polar surface area (TPSA) is 89.4 Å². The minimum absolute atomic E-state index is 0.00675. The highest BCUT2D eigenvalue weighted by atomic mass is 19.3. The van der Waals surface area contributed by atoms with Crippen molar-refractivity contribution in [1.82, 2.24) is 20.4 Å². The van der Waals surface area contributed by atoms with Crippen molar-refractivity contribution in [3.63, 3.8) is 0 Å². The number of alkyl halides is 2. The maximum atomic E-state index is 14.1. The lowest BCUT2D eigenvalue weighted by atomic mass is 9.97. The maximum Gasteiger partial charge on any atom is 0.260 e. The van der Waals surface area contributed by atoms with E-state index in [4.69, 9.17) is 9.47 Å². The Balaban J connectivity index is 1.31. The number of nitrogens with one attached hydrogen (secondary N) is 3. The number of ether oxygens (including phenoxy) is 2. The van der Waals surface area contributed by atoms with Gasteiger partial charge in [0.15, 0.2) is 11.5 Å². The van der Waals surface area contributed by atoms with Crippen molar-refractivity contribution in [2.75, 3.05) is 32.6 Å². The summed E-state index contributed by atoms with van der Waals surface area (Å²) in [5.74, 6) is 1.66. The SMILES string of the molecule is COc1ccc(C2CC(C(F)F)n3nc(-c4ccc(CC(=O)NC5CCNCC5)cc4)cc3N2)cc1OC. The molecule has 3 N–H and O–H groups in total. The number of benzene rings is 2. The van der Waals surface area contributed by atoms with Crippen LogP contribution < -0.4 is 25.4 Å². The van der Waals surface area contributed by atoms with E-state index in [-0.39, 0.29) is 24.4 Å². The molecule has 5 rings (SSSR count). The first-order chi connectivity index (χ1) is 18.4. The smallest absolute Gasteiger partial charge is 0.260 e. The number of fused-ring (bicyclic) bond motifs is 1. The van der Waals surface area contributed by atoms with Crippen LogP contribution in [0.4, 0.5) is 14.6 Å². The number of piperidine rings is 1. The van der Waals surface area contributed by atoms with Crippen molar-refractivity contribution in [2.45, 2.75) is 50.2 Å². The van der Waals surface area contributed by atoms with E-state index < -0.39 is 12.5 Å². The van der Waals surface area contributed by atoms with E-state index in [0.717, 1.165) is 42.6 Å². The molecular weight excluding hydrogens is 492 g/mol. The van der Waals surface area contributed by atoms with E-state index in [1.54, 1.807) is 26.4 Å². The molecule has 2 aliphatic rings. The zero-order valence-electron chi connectivity index (χ0n) is 21.5. The van der Waals surface area contributed by atoms with Crippen LogP contribution in [0.3, 0.4) is 0 Å². The van der Waals surface area contributed by atoms with Crippen LogP contribution >= 0.6 is 0 Å². The zero-order valence-corrected chi connectivity index (χ0v) is 21.5. The van der Waals surface area contributed by atoms with Gasteiger partial charge in [-0.15, -0.1) is 0 Å². The molecule has 3 aromatic rings. The summed E-state index contributed by atoms with van der Waals surface area (Å²) in [7, 11) is 3.10. The first-order valence-corrected chi connectivity index (χ1v) is 12.9. The fourth-order valence-corrected chi connectivity index (χ4v) is 5.20. The lowest BCUT2D eigenvalue weighted by Gasteiger charge is -2.32. The Labute approximate surface area is 220 Å². The molecule has 38 heavy (non-hydrogen) atoms. The Morgan fingerprint density at radius 3 is 2.50 bits per heavy atom. The monoisotopic (exact) mass is 525 g/mol. The second-order valence-corrected chi connectivity index (χ2v) is 9.77. The van der Waals surface area contributed by atoms with Crippen LogP contribution in [0.1, 0.15) is 42.5 Å². The molecular formula is C28H33F2N5O3. The second-order valence-electron chi connectivity index (χ2n) is 9.77. The molecule has 2 aromatic carbocycles. The van der Waals surface area contributed by atoms with Gasteiger partial charge in [-0.1, -0.05) is 30.3 Å². The highest BCUT2D eigenvalue weighted by Crippen LogP contribution is 2.41. The number of aromatic nitrogens is 2. The van der Waals surface area contributed by atoms with Gasteiger partial charge in [-0.3, -0.25) is 4.79 Å². The van der Waals surface area contributed by atoms with Gasteiger partial charge in [0.2, 0.25) is 5.91 Å². The summed E-state index contributed by atoms with van der Waals surface area (Å²) < 4.78 is 40.4. The molecule has 1 fully saturated rings. The van der Waals surface area contributed by atoms with Crippen molar-refractivity contribution < 1.29 is 23.0 Å². The molecule has 3 heterocycles. The molecule has 2 unspecified atom stereocenters. The highest BCUT2D eigenvalue weighted by molar-refractivity contribution is 5.79. The number of halogens is 2. The average molecular weight is 526 g/mol. The third-order valence-electron chi connectivity index (χ3n) is 7.27. The third-order valence-corrected chi connectivity index (χ3v) is 7.27. The summed E-state index contributed by atoms with van der Waals surface area (Å²) in [6.07, 6.45) is -0.225. The third kappa shape index (κ3) is 5.60. The largest absolute Gasteiger partial charge is 0.493 e. The van der Waals surface area contributed by atoms with E-state index in [9.17, 15) is 13.6 Å². The summed E-state index contributed by atoms with van der Waals surface area (Å²) in [5, 5.41) is 14.3. The molecule has 1 amide bonds. The van der Waals surface area contributed by atoms with Crippen molar-refractivity contribution in [1.29, 1.82) is 0 Å². The van der Waals surface area contributed by atoms with Crippen LogP contribution in [0.15, 0.2) is 48.5 Å². The van der Waals surface area contributed by atoms with Crippen LogP contribution in [-0.2, 0) is 11.2 Å². The molecule has 2 aliphatic heterocycles. The Morgan fingerprint density at radius 2 is 1.82 bits per heavy atom. The number of carbonyl (C=O) groups is 1. The minimum Gasteiger partial charge on any atom is -0.493 e. The Kier molecular flexibility index (Phi) is 7.78. The summed E-state index contributed by atoms with van der Waals surface area (Å²) >= 11 is 0. The number of nitrogens with zero attached hydrogens (tertiary/aromatic N) is 2. The first-order valence-electron chi connectivity index (χ1n) is 12.9. The van der Waals surface area contributed by atoms with Gasteiger partial charge in [0.05, 0.1) is 32.4 Å². The number of carbonyl (C=O) groups excluding carboxylic acids is 1. The second kappa shape index (κ2) is 11.4. The number of hydrogen-bond donors (Lipinski definition) is 3. The molecule has 0 bridgehead atoms. The molecule has 0 radical (unpaired) electrons. The molecule has 1 aromatic heterocycles. The van der Waals surface area contributed by atoms with Gasteiger partial charge in [0.1, 0.15) is 11.9 Å². The van der Waals surface area contributed by atoms with E-state index in [1.807, 2.05) is 36.4 Å². The normalized spacial score (nSPS) is 19.5. The molecule has 202 valence electrons. The number of anilines is 1. The van der Waals surface area contributed by atoms with Crippen LogP contribution in [0.2, 0.25) is 0 Å². The minimum atomic E-state index is -2.58. The van der Waals surface area contributed by atoms with Crippen LogP contribution in [-0.4, -0.2) is 55.5 Å². The summed E-state index contributed by atoms with van der Waals surface area (Å²) in [6, 6.07) is 13.6. The standard InChI is InChI=1S/C28H33F2N5O3/c1-37-24-8-7-19(14-25(24)38-2)21-15-23(28(29)30)35-26(33-21)16-22(34-35)18-5-3-17(4-6-18)13-27(36)32-20-9-11-31-12-10-20/h3-8,14,16,20-21,23,28,31,33H,9-13,15H2,1-2H3,(H,32,36). The van der Waals surface area contributed by atoms with Crippen LogP contribution in [0, 0.1) is 0 Å². The van der Waals surface area contributed by atoms with E-state index in [0.29, 0.717) is 29.4 Å². The number of amides is 1. The van der Waals surface area contributed by atoms with Crippen LogP contribution in [0.5, 0.6) is 11.5 Å². The predicted molar refractivity (Wildman–Crippen MR) is 141 cm³/mol. The van der Waals surface area contributed by atoms with E-state index in [2.05, 4.69) is 21.0 Å².